The molecule has 3 aromatic rings. The van der Waals surface area contributed by atoms with E-state index < -0.39 is 0 Å². The molecule has 2 aromatic heterocycles. The standard InChI is InChI=1S/C20H22N4O2/c1-4-23(5-2)20(26)18-21-17(16-13-9-10-14-24(16)18)19(25)22(3)15-11-7-6-8-12-15/h6-14H,4-5H2,1-3H3. The van der Waals surface area contributed by atoms with Crippen LogP contribution in [-0.2, 0) is 0 Å². The molecule has 1 aromatic carbocycles. The Kier molecular flexibility index (Phi) is 5.02. The number of nitrogens with zero attached hydrogens (tertiary/aromatic N) is 4. The van der Waals surface area contributed by atoms with E-state index in [-0.39, 0.29) is 23.3 Å². The molecule has 2 amide bonds. The fourth-order valence-electron chi connectivity index (χ4n) is 2.93. The first-order valence-electron chi connectivity index (χ1n) is 8.67. The molecule has 26 heavy (non-hydrogen) atoms. The largest absolute Gasteiger partial charge is 0.337 e. The Bertz CT molecular complexity index is 929. The molecule has 3 rings (SSSR count). The third kappa shape index (κ3) is 3.06. The molecular formula is C20H22N4O2. The van der Waals surface area contributed by atoms with E-state index in [1.54, 1.807) is 33.5 Å². The molecule has 0 saturated carbocycles. The Hall–Kier alpha value is -3.15. The number of benzene rings is 1. The number of hydrogen-bond acceptors (Lipinski definition) is 3. The van der Waals surface area contributed by atoms with E-state index in [2.05, 4.69) is 4.98 Å². The van der Waals surface area contributed by atoms with Gasteiger partial charge in [-0.1, -0.05) is 24.3 Å². The normalized spacial score (nSPS) is 10.7. The SMILES string of the molecule is CCN(CC)C(=O)c1nc(C(=O)N(C)c2ccccc2)c2ccccn12. The van der Waals surface area contributed by atoms with Crippen LogP contribution in [0.2, 0.25) is 0 Å². The molecule has 0 spiro atoms. The van der Waals surface area contributed by atoms with E-state index in [1.807, 2.05) is 56.3 Å². The highest BCUT2D eigenvalue weighted by Crippen LogP contribution is 2.20. The lowest BCUT2D eigenvalue weighted by molar-refractivity contribution is 0.0760. The van der Waals surface area contributed by atoms with Crippen molar-refractivity contribution in [2.75, 3.05) is 25.0 Å². The molecule has 6 heteroatoms. The van der Waals surface area contributed by atoms with Crippen LogP contribution >= 0.6 is 0 Å². The molecular weight excluding hydrogens is 328 g/mol. The van der Waals surface area contributed by atoms with Gasteiger partial charge in [0.05, 0.1) is 5.52 Å². The highest BCUT2D eigenvalue weighted by atomic mass is 16.2. The lowest BCUT2D eigenvalue weighted by atomic mass is 10.2. The molecule has 0 bridgehead atoms. The maximum atomic E-state index is 13.0. The van der Waals surface area contributed by atoms with Gasteiger partial charge in [0, 0.05) is 32.0 Å². The Labute approximate surface area is 152 Å². The summed E-state index contributed by atoms with van der Waals surface area (Å²) < 4.78 is 1.69. The molecule has 134 valence electrons. The van der Waals surface area contributed by atoms with E-state index in [1.165, 1.54) is 0 Å². The number of pyridine rings is 1. The van der Waals surface area contributed by atoms with Gasteiger partial charge in [-0.2, -0.15) is 0 Å². The predicted octanol–water partition coefficient (Wildman–Crippen LogP) is 3.09. The summed E-state index contributed by atoms with van der Waals surface area (Å²) in [5, 5.41) is 0. The van der Waals surface area contributed by atoms with Crippen molar-refractivity contribution in [3.63, 3.8) is 0 Å². The third-order valence-electron chi connectivity index (χ3n) is 4.44. The number of aromatic nitrogens is 2. The summed E-state index contributed by atoms with van der Waals surface area (Å²) in [6, 6.07) is 14.8. The Balaban J connectivity index is 2.07. The van der Waals surface area contributed by atoms with Crippen molar-refractivity contribution in [3.05, 3.63) is 66.2 Å². The molecule has 6 nitrogen and oxygen atoms in total. The summed E-state index contributed by atoms with van der Waals surface area (Å²) in [5.74, 6) is -0.176. The quantitative estimate of drug-likeness (QED) is 0.710. The zero-order chi connectivity index (χ0) is 18.7. The Morgan fingerprint density at radius 3 is 2.27 bits per heavy atom. The van der Waals surface area contributed by atoms with Crippen molar-refractivity contribution >= 4 is 23.0 Å². The van der Waals surface area contributed by atoms with Gasteiger partial charge < -0.3 is 9.80 Å². The molecule has 0 aliphatic rings. The Morgan fingerprint density at radius 1 is 0.962 bits per heavy atom. The molecule has 0 saturated heterocycles. The molecule has 0 atom stereocenters. The number of fused-ring (bicyclic) bond motifs is 1. The second-order valence-corrected chi connectivity index (χ2v) is 5.92. The van der Waals surface area contributed by atoms with Crippen molar-refractivity contribution in [1.82, 2.24) is 14.3 Å². The van der Waals surface area contributed by atoms with Gasteiger partial charge in [-0.25, -0.2) is 4.98 Å². The van der Waals surface area contributed by atoms with E-state index >= 15 is 0 Å². The van der Waals surface area contributed by atoms with Crippen molar-refractivity contribution < 1.29 is 9.59 Å². The zero-order valence-electron chi connectivity index (χ0n) is 15.2. The molecule has 0 aliphatic heterocycles. The lowest BCUT2D eigenvalue weighted by Crippen LogP contribution is -2.32. The average molecular weight is 350 g/mol. The molecule has 0 radical (unpaired) electrons. The fourth-order valence-corrected chi connectivity index (χ4v) is 2.93. The van der Waals surface area contributed by atoms with Gasteiger partial charge in [0.15, 0.2) is 5.69 Å². The third-order valence-corrected chi connectivity index (χ3v) is 4.44. The first-order chi connectivity index (χ1) is 12.6. The summed E-state index contributed by atoms with van der Waals surface area (Å²) in [5.41, 5.74) is 1.66. The Morgan fingerprint density at radius 2 is 1.62 bits per heavy atom. The molecule has 0 unspecified atom stereocenters. The number of carbonyl (C=O) groups excluding carboxylic acids is 2. The van der Waals surface area contributed by atoms with Crippen LogP contribution in [0, 0.1) is 0 Å². The first kappa shape index (κ1) is 17.7. The van der Waals surface area contributed by atoms with E-state index in [4.69, 9.17) is 0 Å². The van der Waals surface area contributed by atoms with Crippen LogP contribution in [0.25, 0.3) is 5.52 Å². The van der Waals surface area contributed by atoms with Gasteiger partial charge >= 0.3 is 0 Å². The maximum absolute atomic E-state index is 13.0. The predicted molar refractivity (Wildman–Crippen MR) is 102 cm³/mol. The van der Waals surface area contributed by atoms with Gasteiger partial charge in [-0.05, 0) is 38.1 Å². The highest BCUT2D eigenvalue weighted by molar-refractivity contribution is 6.10. The summed E-state index contributed by atoms with van der Waals surface area (Å²) in [4.78, 5) is 33.5. The average Bonchev–Trinajstić information content (AvgIpc) is 3.08. The zero-order valence-corrected chi connectivity index (χ0v) is 15.2. The van der Waals surface area contributed by atoms with E-state index in [9.17, 15) is 9.59 Å². The van der Waals surface area contributed by atoms with Crippen LogP contribution in [0.1, 0.15) is 35.0 Å². The minimum Gasteiger partial charge on any atom is -0.337 e. The fraction of sp³-hybridized carbons (Fsp3) is 0.250. The summed E-state index contributed by atoms with van der Waals surface area (Å²) >= 11 is 0. The molecule has 0 aliphatic carbocycles. The minimum atomic E-state index is -0.251. The number of para-hydroxylation sites is 1. The highest BCUT2D eigenvalue weighted by Gasteiger charge is 2.25. The molecule has 0 fully saturated rings. The van der Waals surface area contributed by atoms with Gasteiger partial charge in [0.1, 0.15) is 0 Å². The number of anilines is 1. The van der Waals surface area contributed by atoms with Crippen molar-refractivity contribution in [3.8, 4) is 0 Å². The minimum absolute atomic E-state index is 0.183. The van der Waals surface area contributed by atoms with Crippen LogP contribution in [-0.4, -0.2) is 46.2 Å². The molecule has 0 N–H and O–H groups in total. The number of amides is 2. The second-order valence-electron chi connectivity index (χ2n) is 5.92. The van der Waals surface area contributed by atoms with Crippen LogP contribution in [0.4, 0.5) is 5.69 Å². The van der Waals surface area contributed by atoms with Crippen LogP contribution in [0.15, 0.2) is 54.7 Å². The van der Waals surface area contributed by atoms with Crippen molar-refractivity contribution in [1.29, 1.82) is 0 Å². The number of imidazole rings is 1. The van der Waals surface area contributed by atoms with Crippen molar-refractivity contribution in [2.24, 2.45) is 0 Å². The number of hydrogen-bond donors (Lipinski definition) is 0. The maximum Gasteiger partial charge on any atom is 0.290 e. The lowest BCUT2D eigenvalue weighted by Gasteiger charge is -2.17. The van der Waals surface area contributed by atoms with Crippen LogP contribution in [0.5, 0.6) is 0 Å². The molecule has 2 heterocycles. The smallest absolute Gasteiger partial charge is 0.290 e. The van der Waals surface area contributed by atoms with Gasteiger partial charge in [0.2, 0.25) is 5.82 Å². The first-order valence-corrected chi connectivity index (χ1v) is 8.67. The van der Waals surface area contributed by atoms with E-state index in [0.29, 0.717) is 18.6 Å². The number of rotatable bonds is 5. The summed E-state index contributed by atoms with van der Waals surface area (Å²) in [7, 11) is 1.71. The second kappa shape index (κ2) is 7.39. The topological polar surface area (TPSA) is 57.9 Å². The summed E-state index contributed by atoms with van der Waals surface area (Å²) in [6.07, 6.45) is 1.76. The van der Waals surface area contributed by atoms with E-state index in [0.717, 1.165) is 5.69 Å². The van der Waals surface area contributed by atoms with Gasteiger partial charge in [0.25, 0.3) is 11.8 Å². The van der Waals surface area contributed by atoms with Gasteiger partial charge in [-0.15, -0.1) is 0 Å². The number of carbonyl (C=O) groups is 2. The monoisotopic (exact) mass is 350 g/mol. The summed E-state index contributed by atoms with van der Waals surface area (Å²) in [6.45, 7) is 5.02. The van der Waals surface area contributed by atoms with Crippen LogP contribution in [0.3, 0.4) is 0 Å². The van der Waals surface area contributed by atoms with Gasteiger partial charge in [-0.3, -0.25) is 14.0 Å². The van der Waals surface area contributed by atoms with Crippen LogP contribution < -0.4 is 4.90 Å². The van der Waals surface area contributed by atoms with Crippen molar-refractivity contribution in [2.45, 2.75) is 13.8 Å².